The summed E-state index contributed by atoms with van der Waals surface area (Å²) < 4.78 is 6.21. The molecule has 1 aromatic carbocycles. The molecular weight excluding hydrogens is 254 g/mol. The van der Waals surface area contributed by atoms with Crippen LogP contribution in [0.4, 0.5) is 0 Å². The zero-order chi connectivity index (χ0) is 13.6. The lowest BCUT2D eigenvalue weighted by Gasteiger charge is -2.13. The van der Waals surface area contributed by atoms with Crippen molar-refractivity contribution in [3.8, 4) is 5.75 Å². The predicted molar refractivity (Wildman–Crippen MR) is 84.0 cm³/mol. The third-order valence-corrected chi connectivity index (χ3v) is 5.13. The Morgan fingerprint density at radius 3 is 2.58 bits per heavy atom. The third-order valence-electron chi connectivity index (χ3n) is 3.71. The Balaban J connectivity index is 1.69. The molecule has 3 heteroatoms. The molecule has 0 aromatic heterocycles. The summed E-state index contributed by atoms with van der Waals surface area (Å²) in [6, 6.07) is 8.47. The highest BCUT2D eigenvalue weighted by Gasteiger charge is 2.41. The maximum absolute atomic E-state index is 5.66. The molecule has 0 heterocycles. The van der Waals surface area contributed by atoms with Crippen molar-refractivity contribution in [2.24, 2.45) is 0 Å². The lowest BCUT2D eigenvalue weighted by atomic mass is 10.2. The van der Waals surface area contributed by atoms with E-state index in [1.165, 1.54) is 24.8 Å². The van der Waals surface area contributed by atoms with Gasteiger partial charge in [0.1, 0.15) is 5.75 Å². The topological polar surface area (TPSA) is 21.3 Å². The molecule has 1 aromatic rings. The van der Waals surface area contributed by atoms with E-state index < -0.39 is 0 Å². The van der Waals surface area contributed by atoms with Crippen LogP contribution in [0.15, 0.2) is 24.3 Å². The van der Waals surface area contributed by atoms with Crippen molar-refractivity contribution in [2.75, 3.05) is 19.4 Å². The first-order valence-electron chi connectivity index (χ1n) is 7.25. The van der Waals surface area contributed by atoms with Crippen LogP contribution in [0.2, 0.25) is 0 Å². The summed E-state index contributed by atoms with van der Waals surface area (Å²) in [6.45, 7) is 5.09. The summed E-state index contributed by atoms with van der Waals surface area (Å²) in [5.74, 6) is 0.986. The van der Waals surface area contributed by atoms with Crippen LogP contribution in [0.5, 0.6) is 5.75 Å². The van der Waals surface area contributed by atoms with E-state index in [-0.39, 0.29) is 0 Å². The van der Waals surface area contributed by atoms with Gasteiger partial charge in [-0.2, -0.15) is 11.8 Å². The number of unbranched alkanes of at least 4 members (excludes halogenated alkanes) is 1. The third kappa shape index (κ3) is 4.73. The Morgan fingerprint density at radius 1 is 1.26 bits per heavy atom. The van der Waals surface area contributed by atoms with E-state index in [0.717, 1.165) is 31.9 Å². The number of ether oxygens (including phenoxy) is 1. The minimum Gasteiger partial charge on any atom is -0.494 e. The fourth-order valence-corrected chi connectivity index (χ4v) is 2.82. The van der Waals surface area contributed by atoms with E-state index in [1.807, 2.05) is 11.8 Å². The summed E-state index contributed by atoms with van der Waals surface area (Å²) in [6.07, 6.45) is 7.26. The van der Waals surface area contributed by atoms with Crippen LogP contribution in [-0.2, 0) is 6.54 Å². The number of benzene rings is 1. The molecule has 0 aliphatic heterocycles. The standard InChI is InChI=1S/C16H25NOS/c1-3-4-11-18-15-7-5-14(6-8-15)12-17-13-16(19-2)9-10-16/h5-8,17H,3-4,9-13H2,1-2H3. The van der Waals surface area contributed by atoms with E-state index in [9.17, 15) is 0 Å². The first-order valence-corrected chi connectivity index (χ1v) is 8.48. The van der Waals surface area contributed by atoms with Crippen LogP contribution < -0.4 is 10.1 Å². The monoisotopic (exact) mass is 279 g/mol. The van der Waals surface area contributed by atoms with Crippen molar-refractivity contribution >= 4 is 11.8 Å². The Bertz CT molecular complexity index is 373. The van der Waals surface area contributed by atoms with Gasteiger partial charge in [0.15, 0.2) is 0 Å². The van der Waals surface area contributed by atoms with E-state index in [1.54, 1.807) is 0 Å². The van der Waals surface area contributed by atoms with Gasteiger partial charge in [0.2, 0.25) is 0 Å². The smallest absolute Gasteiger partial charge is 0.119 e. The fourth-order valence-electron chi connectivity index (χ4n) is 2.07. The Kier molecular flexibility index (Phi) is 5.59. The Hall–Kier alpha value is -0.670. The molecule has 0 amide bonds. The number of hydrogen-bond acceptors (Lipinski definition) is 3. The first-order chi connectivity index (χ1) is 9.28. The minimum atomic E-state index is 0.545. The van der Waals surface area contributed by atoms with Crippen molar-refractivity contribution in [1.29, 1.82) is 0 Å². The van der Waals surface area contributed by atoms with Gasteiger partial charge >= 0.3 is 0 Å². The SMILES string of the molecule is CCCCOc1ccc(CNCC2(SC)CC2)cc1. The number of thioether (sulfide) groups is 1. The van der Waals surface area contributed by atoms with Crippen molar-refractivity contribution < 1.29 is 4.74 Å². The second-order valence-corrected chi connectivity index (χ2v) is 6.61. The summed E-state index contributed by atoms with van der Waals surface area (Å²) in [5.41, 5.74) is 1.33. The number of nitrogens with one attached hydrogen (secondary N) is 1. The van der Waals surface area contributed by atoms with Crippen LogP contribution >= 0.6 is 11.8 Å². The van der Waals surface area contributed by atoms with Gasteiger partial charge in [-0.15, -0.1) is 0 Å². The maximum atomic E-state index is 5.66. The zero-order valence-corrected chi connectivity index (χ0v) is 12.9. The first kappa shape index (κ1) is 14.7. The normalized spacial score (nSPS) is 16.3. The van der Waals surface area contributed by atoms with Crippen LogP contribution in [0.25, 0.3) is 0 Å². The summed E-state index contributed by atoms with van der Waals surface area (Å²) in [7, 11) is 0. The van der Waals surface area contributed by atoms with Crippen LogP contribution in [0.1, 0.15) is 38.2 Å². The molecule has 0 spiro atoms. The summed E-state index contributed by atoms with van der Waals surface area (Å²) in [4.78, 5) is 0. The van der Waals surface area contributed by atoms with Crippen molar-refractivity contribution in [3.63, 3.8) is 0 Å². The fraction of sp³-hybridized carbons (Fsp3) is 0.625. The van der Waals surface area contributed by atoms with Crippen molar-refractivity contribution in [1.82, 2.24) is 5.32 Å². The Morgan fingerprint density at radius 2 is 2.00 bits per heavy atom. The van der Waals surface area contributed by atoms with Crippen molar-refractivity contribution in [2.45, 2.75) is 43.9 Å². The van der Waals surface area contributed by atoms with Gasteiger partial charge in [-0.05, 0) is 43.2 Å². The van der Waals surface area contributed by atoms with Gasteiger partial charge in [0, 0.05) is 17.8 Å². The number of hydrogen-bond donors (Lipinski definition) is 1. The second-order valence-electron chi connectivity index (χ2n) is 5.34. The van der Waals surface area contributed by atoms with Crippen LogP contribution in [0, 0.1) is 0 Å². The molecule has 0 atom stereocenters. The van der Waals surface area contributed by atoms with Gasteiger partial charge in [-0.1, -0.05) is 25.5 Å². The lowest BCUT2D eigenvalue weighted by molar-refractivity contribution is 0.309. The highest BCUT2D eigenvalue weighted by molar-refractivity contribution is 8.00. The molecule has 2 rings (SSSR count). The second kappa shape index (κ2) is 7.20. The molecule has 106 valence electrons. The van der Waals surface area contributed by atoms with Crippen LogP contribution in [-0.4, -0.2) is 24.2 Å². The molecule has 0 bridgehead atoms. The molecule has 0 unspecified atom stereocenters. The maximum Gasteiger partial charge on any atom is 0.119 e. The highest BCUT2D eigenvalue weighted by Crippen LogP contribution is 2.46. The molecule has 1 fully saturated rings. The van der Waals surface area contributed by atoms with Gasteiger partial charge in [0.25, 0.3) is 0 Å². The summed E-state index contributed by atoms with van der Waals surface area (Å²) in [5, 5.41) is 3.57. The average Bonchev–Trinajstić information content (AvgIpc) is 3.21. The molecule has 0 saturated heterocycles. The van der Waals surface area contributed by atoms with E-state index in [0.29, 0.717) is 4.75 Å². The van der Waals surface area contributed by atoms with Crippen molar-refractivity contribution in [3.05, 3.63) is 29.8 Å². The van der Waals surface area contributed by atoms with E-state index >= 15 is 0 Å². The molecule has 19 heavy (non-hydrogen) atoms. The highest BCUT2D eigenvalue weighted by atomic mass is 32.2. The van der Waals surface area contributed by atoms with E-state index in [4.69, 9.17) is 4.74 Å². The molecular formula is C16H25NOS. The van der Waals surface area contributed by atoms with Gasteiger partial charge in [-0.3, -0.25) is 0 Å². The van der Waals surface area contributed by atoms with E-state index in [2.05, 4.69) is 42.8 Å². The minimum absolute atomic E-state index is 0.545. The quantitative estimate of drug-likeness (QED) is 0.694. The van der Waals surface area contributed by atoms with Gasteiger partial charge < -0.3 is 10.1 Å². The molecule has 1 N–H and O–H groups in total. The molecule has 2 nitrogen and oxygen atoms in total. The average molecular weight is 279 g/mol. The van der Waals surface area contributed by atoms with Crippen LogP contribution in [0.3, 0.4) is 0 Å². The van der Waals surface area contributed by atoms with Gasteiger partial charge in [-0.25, -0.2) is 0 Å². The largest absolute Gasteiger partial charge is 0.494 e. The lowest BCUT2D eigenvalue weighted by Crippen LogP contribution is -2.25. The molecule has 1 aliphatic rings. The van der Waals surface area contributed by atoms with Gasteiger partial charge in [0.05, 0.1) is 6.61 Å². The molecule has 1 aliphatic carbocycles. The predicted octanol–water partition coefficient (Wildman–Crippen LogP) is 3.85. The Labute approximate surface area is 121 Å². The molecule has 1 saturated carbocycles. The molecule has 0 radical (unpaired) electrons. The zero-order valence-electron chi connectivity index (χ0n) is 12.1. The summed E-state index contributed by atoms with van der Waals surface area (Å²) >= 11 is 2.00. The number of rotatable bonds is 9.